The summed E-state index contributed by atoms with van der Waals surface area (Å²) >= 11 is 0. The van der Waals surface area contributed by atoms with E-state index in [2.05, 4.69) is 11.1 Å². The molecule has 1 N–H and O–H groups in total. The van der Waals surface area contributed by atoms with Gasteiger partial charge in [-0.25, -0.2) is 4.98 Å². The Morgan fingerprint density at radius 1 is 1.16 bits per heavy atom. The zero-order valence-electron chi connectivity index (χ0n) is 17.2. The minimum atomic E-state index is -0.905. The zero-order chi connectivity index (χ0) is 21.8. The van der Waals surface area contributed by atoms with E-state index in [1.807, 2.05) is 49.4 Å². The van der Waals surface area contributed by atoms with Crippen LogP contribution in [-0.2, 0) is 24.2 Å². The van der Waals surface area contributed by atoms with Gasteiger partial charge in [0.25, 0.3) is 0 Å². The summed E-state index contributed by atoms with van der Waals surface area (Å²) in [6, 6.07) is 17.1. The van der Waals surface area contributed by atoms with Crippen LogP contribution in [-0.4, -0.2) is 22.7 Å². The molecule has 156 valence electrons. The van der Waals surface area contributed by atoms with E-state index in [0.717, 1.165) is 34.4 Å². The quantitative estimate of drug-likeness (QED) is 0.666. The average Bonchev–Trinajstić information content (AvgIpc) is 2.76. The average molecular weight is 414 g/mol. The van der Waals surface area contributed by atoms with Crippen molar-refractivity contribution in [2.24, 2.45) is 0 Å². The number of carboxylic acids is 1. The molecule has 4 rings (SSSR count). The number of aromatic nitrogens is 1. The van der Waals surface area contributed by atoms with E-state index < -0.39 is 5.97 Å². The molecule has 3 aromatic rings. The third kappa shape index (κ3) is 4.67. The highest BCUT2D eigenvalue weighted by atomic mass is 16.5. The van der Waals surface area contributed by atoms with Crippen LogP contribution in [0, 0.1) is 18.3 Å². The monoisotopic (exact) mass is 414 g/mol. The van der Waals surface area contributed by atoms with Crippen LogP contribution in [0.1, 0.15) is 34.2 Å². The molecule has 6 heteroatoms. The van der Waals surface area contributed by atoms with Gasteiger partial charge in [0.1, 0.15) is 12.4 Å². The van der Waals surface area contributed by atoms with Crippen LogP contribution >= 0.6 is 0 Å². The molecule has 1 aliphatic rings. The molecule has 0 aliphatic carbocycles. The third-order valence-electron chi connectivity index (χ3n) is 5.31. The van der Waals surface area contributed by atoms with Gasteiger partial charge in [0.15, 0.2) is 0 Å². The number of nitrogens with zero attached hydrogens (tertiary/aromatic N) is 2. The lowest BCUT2D eigenvalue weighted by Crippen LogP contribution is -2.08. The van der Waals surface area contributed by atoms with Crippen molar-refractivity contribution >= 4 is 5.97 Å². The second-order valence-electron chi connectivity index (χ2n) is 7.54. The molecule has 0 saturated heterocycles. The summed E-state index contributed by atoms with van der Waals surface area (Å²) in [6.07, 6.45) is 1.33. The Morgan fingerprint density at radius 2 is 2.03 bits per heavy atom. The van der Waals surface area contributed by atoms with Crippen LogP contribution in [0.15, 0.2) is 48.5 Å². The van der Waals surface area contributed by atoms with Crippen LogP contribution in [0.5, 0.6) is 11.6 Å². The topological polar surface area (TPSA) is 92.4 Å². The lowest BCUT2D eigenvalue weighted by molar-refractivity contribution is -0.136. The fourth-order valence-electron chi connectivity index (χ4n) is 3.77. The molecule has 0 amide bonds. The number of aliphatic carboxylic acids is 1. The molecule has 0 unspecified atom stereocenters. The van der Waals surface area contributed by atoms with Crippen molar-refractivity contribution in [1.82, 2.24) is 4.98 Å². The summed E-state index contributed by atoms with van der Waals surface area (Å²) in [5.74, 6) is 0.151. The number of hydrogen-bond acceptors (Lipinski definition) is 5. The minimum absolute atomic E-state index is 0.110. The molecule has 0 saturated carbocycles. The van der Waals surface area contributed by atoms with Crippen LogP contribution in [0.2, 0.25) is 0 Å². The summed E-state index contributed by atoms with van der Waals surface area (Å²) in [4.78, 5) is 16.0. The maximum Gasteiger partial charge on any atom is 0.307 e. The standard InChI is InChI=1S/C25H22N2O4/c1-16-10-20(12-25(28)29)23-13-21(16)22-5-2-6-24(27-22)31-15-19-8-7-17(14-26)11-18(19)4-3-9-30-23/h2,5-8,10-11,13H,3-4,9,12,15H2,1H3,(H,28,29). The number of aryl methyl sites for hydroxylation is 2. The Hall–Kier alpha value is -3.85. The van der Waals surface area contributed by atoms with E-state index in [4.69, 9.17) is 9.47 Å². The molecule has 2 heterocycles. The number of fused-ring (bicyclic) bond motifs is 6. The Labute approximate surface area is 180 Å². The van der Waals surface area contributed by atoms with Gasteiger partial charge in [0.05, 0.1) is 30.4 Å². The number of ether oxygens (including phenoxy) is 2. The maximum absolute atomic E-state index is 11.3. The van der Waals surface area contributed by atoms with Gasteiger partial charge in [-0.1, -0.05) is 18.2 Å². The van der Waals surface area contributed by atoms with Gasteiger partial charge >= 0.3 is 5.97 Å². The van der Waals surface area contributed by atoms with Gasteiger partial charge in [-0.3, -0.25) is 4.79 Å². The number of benzene rings is 2. The number of nitriles is 1. The van der Waals surface area contributed by atoms with Gasteiger partial charge < -0.3 is 14.6 Å². The molecular weight excluding hydrogens is 392 g/mol. The van der Waals surface area contributed by atoms with Crippen molar-refractivity contribution in [2.45, 2.75) is 32.8 Å². The SMILES string of the molecule is Cc1cc(CC(=O)O)c2cc1-c1cccc(n1)OCc1ccc(C#N)cc1CCCO2. The fraction of sp³-hybridized carbons (Fsp3) is 0.240. The molecule has 0 radical (unpaired) electrons. The predicted octanol–water partition coefficient (Wildman–Crippen LogP) is 4.46. The molecule has 0 spiro atoms. The van der Waals surface area contributed by atoms with Crippen LogP contribution < -0.4 is 9.47 Å². The second kappa shape index (κ2) is 8.88. The molecule has 4 bridgehead atoms. The molecule has 0 fully saturated rings. The first-order valence-electron chi connectivity index (χ1n) is 10.1. The van der Waals surface area contributed by atoms with E-state index in [1.165, 1.54) is 0 Å². The van der Waals surface area contributed by atoms with Crippen molar-refractivity contribution in [1.29, 1.82) is 5.26 Å². The van der Waals surface area contributed by atoms with E-state index in [1.54, 1.807) is 6.07 Å². The van der Waals surface area contributed by atoms with Crippen molar-refractivity contribution in [3.8, 4) is 29.0 Å². The van der Waals surface area contributed by atoms with Gasteiger partial charge in [-0.2, -0.15) is 5.26 Å². The Balaban J connectivity index is 1.76. The Bertz CT molecular complexity index is 1180. The highest BCUT2D eigenvalue weighted by Crippen LogP contribution is 2.32. The summed E-state index contributed by atoms with van der Waals surface area (Å²) in [6.45, 7) is 2.73. The van der Waals surface area contributed by atoms with Crippen LogP contribution in [0.25, 0.3) is 11.3 Å². The zero-order valence-corrected chi connectivity index (χ0v) is 17.2. The maximum atomic E-state index is 11.3. The smallest absolute Gasteiger partial charge is 0.307 e. The third-order valence-corrected chi connectivity index (χ3v) is 5.31. The van der Waals surface area contributed by atoms with Crippen molar-refractivity contribution < 1.29 is 19.4 Å². The number of rotatable bonds is 2. The summed E-state index contributed by atoms with van der Waals surface area (Å²) in [5, 5.41) is 18.5. The second-order valence-corrected chi connectivity index (χ2v) is 7.54. The lowest BCUT2D eigenvalue weighted by atomic mass is 9.99. The van der Waals surface area contributed by atoms with E-state index in [9.17, 15) is 15.2 Å². The largest absolute Gasteiger partial charge is 0.493 e. The normalized spacial score (nSPS) is 13.0. The predicted molar refractivity (Wildman–Crippen MR) is 115 cm³/mol. The van der Waals surface area contributed by atoms with Crippen molar-refractivity contribution in [3.05, 3.63) is 76.3 Å². The molecule has 2 aromatic carbocycles. The van der Waals surface area contributed by atoms with Gasteiger partial charge in [-0.05, 0) is 60.7 Å². The molecule has 0 atom stereocenters. The first-order valence-corrected chi connectivity index (χ1v) is 10.1. The Morgan fingerprint density at radius 3 is 2.84 bits per heavy atom. The van der Waals surface area contributed by atoms with Gasteiger partial charge in [0.2, 0.25) is 5.88 Å². The number of carbonyl (C=O) groups is 1. The summed E-state index contributed by atoms with van der Waals surface area (Å²) in [7, 11) is 0. The number of carboxylic acid groups (broad SMARTS) is 1. The fourth-order valence-corrected chi connectivity index (χ4v) is 3.77. The first-order chi connectivity index (χ1) is 15.0. The Kier molecular flexibility index (Phi) is 5.85. The first kappa shape index (κ1) is 20.4. The van der Waals surface area contributed by atoms with Crippen molar-refractivity contribution in [2.75, 3.05) is 6.61 Å². The molecule has 6 nitrogen and oxygen atoms in total. The minimum Gasteiger partial charge on any atom is -0.493 e. The van der Waals surface area contributed by atoms with E-state index in [0.29, 0.717) is 42.4 Å². The highest BCUT2D eigenvalue weighted by Gasteiger charge is 2.15. The molecule has 1 aromatic heterocycles. The molecule has 1 aliphatic heterocycles. The van der Waals surface area contributed by atoms with Gasteiger partial charge in [0, 0.05) is 17.2 Å². The highest BCUT2D eigenvalue weighted by molar-refractivity contribution is 5.74. The van der Waals surface area contributed by atoms with Crippen LogP contribution in [0.3, 0.4) is 0 Å². The molecule has 31 heavy (non-hydrogen) atoms. The lowest BCUT2D eigenvalue weighted by Gasteiger charge is -2.17. The number of pyridine rings is 1. The van der Waals surface area contributed by atoms with Gasteiger partial charge in [-0.15, -0.1) is 0 Å². The van der Waals surface area contributed by atoms with Crippen LogP contribution in [0.4, 0.5) is 0 Å². The summed E-state index contributed by atoms with van der Waals surface area (Å²) < 4.78 is 12.0. The summed E-state index contributed by atoms with van der Waals surface area (Å²) in [5.41, 5.74) is 5.82. The molecular formula is C25H22N2O4. The van der Waals surface area contributed by atoms with E-state index in [-0.39, 0.29) is 6.42 Å². The van der Waals surface area contributed by atoms with Crippen molar-refractivity contribution in [3.63, 3.8) is 0 Å². The van der Waals surface area contributed by atoms with E-state index >= 15 is 0 Å². The number of hydrogen-bond donors (Lipinski definition) is 1.